The highest BCUT2D eigenvalue weighted by molar-refractivity contribution is 5.76. The Morgan fingerprint density at radius 3 is 2.89 bits per heavy atom. The fourth-order valence-electron chi connectivity index (χ4n) is 3.86. The van der Waals surface area contributed by atoms with Crippen LogP contribution in [0.4, 0.5) is 0 Å². The van der Waals surface area contributed by atoms with Crippen LogP contribution in [0.2, 0.25) is 0 Å². The van der Waals surface area contributed by atoms with Gasteiger partial charge in [0.15, 0.2) is 0 Å². The van der Waals surface area contributed by atoms with E-state index in [2.05, 4.69) is 23.0 Å². The van der Waals surface area contributed by atoms with E-state index in [1.807, 2.05) is 36.9 Å². The van der Waals surface area contributed by atoms with Crippen LogP contribution in [0.1, 0.15) is 41.8 Å². The van der Waals surface area contributed by atoms with E-state index in [0.29, 0.717) is 31.1 Å². The highest BCUT2D eigenvalue weighted by Crippen LogP contribution is 2.21. The highest BCUT2D eigenvalue weighted by atomic mass is 16.5. The Morgan fingerprint density at radius 1 is 1.32 bits per heavy atom. The van der Waals surface area contributed by atoms with Gasteiger partial charge < -0.3 is 14.6 Å². The summed E-state index contributed by atoms with van der Waals surface area (Å²) in [4.78, 5) is 32.7. The number of rotatable bonds is 6. The SMILES string of the molecule is Cc1cccc(OCC2CCCN(C(=O)CCc3c(C)nc(=O)[nH]c3C)C2)c1. The minimum absolute atomic E-state index is 0.158. The standard InChI is InChI=1S/C22H29N3O3/c1-15-6-4-8-19(12-15)28-14-18-7-5-11-25(13-18)21(26)10-9-20-16(2)23-22(27)24-17(20)3/h4,6,8,12,18H,5,7,9-11,13-14H2,1-3H3,(H,23,24,27). The lowest BCUT2D eigenvalue weighted by molar-refractivity contribution is -0.133. The second-order valence-electron chi connectivity index (χ2n) is 7.71. The number of hydrogen-bond donors (Lipinski definition) is 1. The summed E-state index contributed by atoms with van der Waals surface area (Å²) in [6.07, 6.45) is 3.12. The molecular weight excluding hydrogens is 354 g/mol. The topological polar surface area (TPSA) is 75.3 Å². The Balaban J connectivity index is 1.52. The molecule has 0 aliphatic carbocycles. The van der Waals surface area contributed by atoms with Gasteiger partial charge in [0, 0.05) is 36.8 Å². The van der Waals surface area contributed by atoms with E-state index in [1.54, 1.807) is 0 Å². The van der Waals surface area contributed by atoms with E-state index >= 15 is 0 Å². The van der Waals surface area contributed by atoms with Gasteiger partial charge >= 0.3 is 5.69 Å². The minimum Gasteiger partial charge on any atom is -0.493 e. The Bertz CT molecular complexity index is 865. The van der Waals surface area contributed by atoms with Crippen molar-refractivity contribution >= 4 is 5.91 Å². The fraction of sp³-hybridized carbons (Fsp3) is 0.500. The van der Waals surface area contributed by atoms with Gasteiger partial charge in [-0.2, -0.15) is 4.98 Å². The molecule has 6 nitrogen and oxygen atoms in total. The van der Waals surface area contributed by atoms with Gasteiger partial charge in [-0.3, -0.25) is 4.79 Å². The number of nitrogens with zero attached hydrogens (tertiary/aromatic N) is 2. The quantitative estimate of drug-likeness (QED) is 0.832. The fourth-order valence-corrected chi connectivity index (χ4v) is 3.86. The number of aromatic amines is 1. The van der Waals surface area contributed by atoms with Crippen LogP contribution in [0.3, 0.4) is 0 Å². The maximum atomic E-state index is 12.7. The van der Waals surface area contributed by atoms with Crippen LogP contribution in [0.5, 0.6) is 5.75 Å². The molecule has 28 heavy (non-hydrogen) atoms. The van der Waals surface area contributed by atoms with Gasteiger partial charge in [-0.1, -0.05) is 12.1 Å². The average molecular weight is 383 g/mol. The summed E-state index contributed by atoms with van der Waals surface area (Å²) >= 11 is 0. The van der Waals surface area contributed by atoms with Gasteiger partial charge in [0.05, 0.1) is 6.61 Å². The molecule has 1 aromatic carbocycles. The first kappa shape index (κ1) is 20.1. The van der Waals surface area contributed by atoms with Crippen molar-refractivity contribution in [2.75, 3.05) is 19.7 Å². The first-order chi connectivity index (χ1) is 13.4. The van der Waals surface area contributed by atoms with Crippen molar-refractivity contribution < 1.29 is 9.53 Å². The number of hydrogen-bond acceptors (Lipinski definition) is 4. The Morgan fingerprint density at radius 2 is 2.14 bits per heavy atom. The van der Waals surface area contributed by atoms with E-state index in [4.69, 9.17) is 4.74 Å². The molecule has 150 valence electrons. The van der Waals surface area contributed by atoms with Gasteiger partial charge in [-0.15, -0.1) is 0 Å². The van der Waals surface area contributed by atoms with Crippen LogP contribution in [0, 0.1) is 26.7 Å². The van der Waals surface area contributed by atoms with Gasteiger partial charge in [0.1, 0.15) is 5.75 Å². The molecule has 1 aliphatic heterocycles. The molecule has 1 aliphatic rings. The number of amides is 1. The maximum Gasteiger partial charge on any atom is 0.345 e. The summed E-state index contributed by atoms with van der Waals surface area (Å²) in [7, 11) is 0. The van der Waals surface area contributed by atoms with Crippen molar-refractivity contribution in [2.45, 2.75) is 46.5 Å². The van der Waals surface area contributed by atoms with Crippen molar-refractivity contribution in [3.63, 3.8) is 0 Å². The third kappa shape index (κ3) is 5.21. The van der Waals surface area contributed by atoms with Crippen LogP contribution in [-0.2, 0) is 11.2 Å². The number of carbonyl (C=O) groups excluding carboxylic acids is 1. The number of carbonyl (C=O) groups is 1. The van der Waals surface area contributed by atoms with E-state index in [-0.39, 0.29) is 11.6 Å². The third-order valence-electron chi connectivity index (χ3n) is 5.39. The molecule has 1 saturated heterocycles. The minimum atomic E-state index is -0.336. The van der Waals surface area contributed by atoms with Gasteiger partial charge in [0.25, 0.3) is 0 Å². The molecule has 1 amide bonds. The molecular formula is C22H29N3O3. The summed E-state index contributed by atoms with van der Waals surface area (Å²) in [5, 5.41) is 0. The summed E-state index contributed by atoms with van der Waals surface area (Å²) in [5.41, 5.74) is 3.31. The van der Waals surface area contributed by atoms with Crippen molar-refractivity contribution in [3.8, 4) is 5.75 Å². The number of H-pyrrole nitrogens is 1. The molecule has 1 unspecified atom stereocenters. The largest absolute Gasteiger partial charge is 0.493 e. The molecule has 0 bridgehead atoms. The van der Waals surface area contributed by atoms with Gasteiger partial charge in [-0.25, -0.2) is 4.79 Å². The molecule has 1 fully saturated rings. The van der Waals surface area contributed by atoms with Crippen LogP contribution in [0.25, 0.3) is 0 Å². The number of likely N-dealkylation sites (tertiary alicyclic amines) is 1. The smallest absolute Gasteiger partial charge is 0.345 e. The molecule has 0 saturated carbocycles. The molecule has 2 aromatic rings. The zero-order chi connectivity index (χ0) is 20.1. The number of aromatic nitrogens is 2. The van der Waals surface area contributed by atoms with Crippen molar-refractivity contribution in [1.82, 2.24) is 14.9 Å². The van der Waals surface area contributed by atoms with E-state index in [1.165, 1.54) is 5.56 Å². The average Bonchev–Trinajstić information content (AvgIpc) is 2.65. The highest BCUT2D eigenvalue weighted by Gasteiger charge is 2.24. The number of aryl methyl sites for hydroxylation is 3. The molecule has 2 heterocycles. The summed E-state index contributed by atoms with van der Waals surface area (Å²) < 4.78 is 5.95. The van der Waals surface area contributed by atoms with E-state index in [9.17, 15) is 9.59 Å². The number of ether oxygens (including phenoxy) is 1. The number of nitrogens with one attached hydrogen (secondary N) is 1. The second kappa shape index (κ2) is 9.04. The Labute approximate surface area is 165 Å². The van der Waals surface area contributed by atoms with Crippen LogP contribution in [0.15, 0.2) is 29.1 Å². The lowest BCUT2D eigenvalue weighted by Gasteiger charge is -2.33. The van der Waals surface area contributed by atoms with Crippen molar-refractivity contribution in [2.24, 2.45) is 5.92 Å². The Hall–Kier alpha value is -2.63. The number of piperidine rings is 1. The molecule has 3 rings (SSSR count). The van der Waals surface area contributed by atoms with Gasteiger partial charge in [0.2, 0.25) is 5.91 Å². The van der Waals surface area contributed by atoms with Crippen molar-refractivity contribution in [1.29, 1.82) is 0 Å². The van der Waals surface area contributed by atoms with Crippen LogP contribution in [-0.4, -0.2) is 40.5 Å². The first-order valence-electron chi connectivity index (χ1n) is 9.96. The summed E-state index contributed by atoms with van der Waals surface area (Å²) in [5.74, 6) is 1.40. The van der Waals surface area contributed by atoms with Crippen LogP contribution >= 0.6 is 0 Å². The summed E-state index contributed by atoms with van der Waals surface area (Å²) in [6.45, 7) is 7.91. The lowest BCUT2D eigenvalue weighted by Crippen LogP contribution is -2.41. The molecule has 6 heteroatoms. The third-order valence-corrected chi connectivity index (χ3v) is 5.39. The lowest BCUT2D eigenvalue weighted by atomic mass is 9.98. The maximum absolute atomic E-state index is 12.7. The number of benzene rings is 1. The van der Waals surface area contributed by atoms with Gasteiger partial charge in [-0.05, 0) is 63.3 Å². The van der Waals surface area contributed by atoms with Crippen molar-refractivity contribution in [3.05, 3.63) is 57.3 Å². The predicted octanol–water partition coefficient (Wildman–Crippen LogP) is 2.95. The van der Waals surface area contributed by atoms with E-state index in [0.717, 1.165) is 42.9 Å². The monoisotopic (exact) mass is 383 g/mol. The Kier molecular flexibility index (Phi) is 6.49. The zero-order valence-electron chi connectivity index (χ0n) is 17.0. The molecule has 1 aromatic heterocycles. The van der Waals surface area contributed by atoms with Crippen LogP contribution < -0.4 is 10.4 Å². The van der Waals surface area contributed by atoms with E-state index < -0.39 is 0 Å². The molecule has 0 spiro atoms. The molecule has 1 atom stereocenters. The molecule has 0 radical (unpaired) electrons. The predicted molar refractivity (Wildman–Crippen MR) is 109 cm³/mol. The normalized spacial score (nSPS) is 16.8. The second-order valence-corrected chi connectivity index (χ2v) is 7.71. The summed E-state index contributed by atoms with van der Waals surface area (Å²) in [6, 6.07) is 8.06. The molecule has 1 N–H and O–H groups in total. The zero-order valence-corrected chi connectivity index (χ0v) is 17.0. The first-order valence-corrected chi connectivity index (χ1v) is 9.96.